The summed E-state index contributed by atoms with van der Waals surface area (Å²) in [5.74, 6) is 0. The van der Waals surface area contributed by atoms with E-state index in [1.54, 1.807) is 0 Å². The predicted molar refractivity (Wildman–Crippen MR) is 105 cm³/mol. The Morgan fingerprint density at radius 1 is 1.19 bits per heavy atom. The monoisotopic (exact) mass is 373 g/mol. The summed E-state index contributed by atoms with van der Waals surface area (Å²) in [4.78, 5) is 17.2. The molecule has 1 spiro atoms. The average Bonchev–Trinajstić information content (AvgIpc) is 3.03. The van der Waals surface area contributed by atoms with Gasteiger partial charge < -0.3 is 24.6 Å². The summed E-state index contributed by atoms with van der Waals surface area (Å²) in [5, 5.41) is 3.17. The second kappa shape index (κ2) is 8.07. The minimum atomic E-state index is 0.0331. The molecule has 2 fully saturated rings. The summed E-state index contributed by atoms with van der Waals surface area (Å²) in [5.41, 5.74) is 2.77. The van der Waals surface area contributed by atoms with Crippen LogP contribution < -0.4 is 10.2 Å². The lowest BCUT2D eigenvalue weighted by Crippen LogP contribution is -2.50. The summed E-state index contributed by atoms with van der Waals surface area (Å²) in [6, 6.07) is 8.88. The number of hydrogen-bond donors (Lipinski definition) is 1. The zero-order chi connectivity index (χ0) is 18.7. The van der Waals surface area contributed by atoms with Gasteiger partial charge in [0.1, 0.15) is 0 Å². The second-order valence-corrected chi connectivity index (χ2v) is 8.19. The van der Waals surface area contributed by atoms with E-state index in [1.807, 2.05) is 4.90 Å². The van der Waals surface area contributed by atoms with E-state index in [4.69, 9.17) is 9.47 Å². The van der Waals surface area contributed by atoms with Crippen LogP contribution in [0.1, 0.15) is 25.3 Å². The van der Waals surface area contributed by atoms with Gasteiger partial charge in [-0.15, -0.1) is 0 Å². The number of amides is 2. The lowest BCUT2D eigenvalue weighted by molar-refractivity contribution is -0.0295. The van der Waals surface area contributed by atoms with Crippen LogP contribution in [0, 0.1) is 5.41 Å². The zero-order valence-corrected chi connectivity index (χ0v) is 16.3. The van der Waals surface area contributed by atoms with E-state index in [1.165, 1.54) is 11.3 Å². The molecule has 3 aliphatic heterocycles. The highest BCUT2D eigenvalue weighted by molar-refractivity contribution is 5.74. The molecule has 2 saturated heterocycles. The topological polar surface area (TPSA) is 54.0 Å². The van der Waals surface area contributed by atoms with Crippen LogP contribution in [0.5, 0.6) is 0 Å². The number of rotatable bonds is 3. The van der Waals surface area contributed by atoms with Gasteiger partial charge >= 0.3 is 6.03 Å². The lowest BCUT2D eigenvalue weighted by Gasteiger charge is -2.38. The van der Waals surface area contributed by atoms with Crippen LogP contribution in [-0.4, -0.2) is 69.6 Å². The maximum absolute atomic E-state index is 12.9. The fourth-order valence-electron chi connectivity index (χ4n) is 4.55. The Labute approximate surface area is 161 Å². The molecular weight excluding hydrogens is 342 g/mol. The molecule has 0 aromatic heterocycles. The summed E-state index contributed by atoms with van der Waals surface area (Å²) in [7, 11) is 0. The third-order valence-corrected chi connectivity index (χ3v) is 6.28. The molecule has 2 amide bonds. The number of fused-ring (bicyclic) bond motifs is 1. The van der Waals surface area contributed by atoms with Crippen LogP contribution in [0.2, 0.25) is 0 Å². The Morgan fingerprint density at radius 3 is 2.85 bits per heavy atom. The van der Waals surface area contributed by atoms with Crippen LogP contribution in [0.15, 0.2) is 24.3 Å². The number of carbonyl (C=O) groups is 1. The molecule has 148 valence electrons. The number of para-hydroxylation sites is 1. The van der Waals surface area contributed by atoms with Crippen molar-refractivity contribution in [1.82, 2.24) is 10.2 Å². The summed E-state index contributed by atoms with van der Waals surface area (Å²) >= 11 is 0. The van der Waals surface area contributed by atoms with Crippen molar-refractivity contribution in [3.8, 4) is 0 Å². The van der Waals surface area contributed by atoms with Crippen molar-refractivity contribution in [3.63, 3.8) is 0 Å². The van der Waals surface area contributed by atoms with Gasteiger partial charge in [0.05, 0.1) is 13.2 Å². The van der Waals surface area contributed by atoms with Crippen LogP contribution in [-0.2, 0) is 15.9 Å². The molecule has 0 aliphatic carbocycles. The highest BCUT2D eigenvalue weighted by Gasteiger charge is 2.38. The first kappa shape index (κ1) is 18.6. The van der Waals surface area contributed by atoms with Crippen molar-refractivity contribution >= 4 is 11.7 Å². The minimum Gasteiger partial charge on any atom is -0.381 e. The lowest BCUT2D eigenvalue weighted by atomic mass is 9.80. The number of hydrogen-bond acceptors (Lipinski definition) is 4. The molecule has 1 unspecified atom stereocenters. The normalized spacial score (nSPS) is 23.0. The highest BCUT2D eigenvalue weighted by Crippen LogP contribution is 2.33. The predicted octanol–water partition coefficient (Wildman–Crippen LogP) is 2.28. The number of nitrogens with zero attached hydrogens (tertiary/aromatic N) is 2. The van der Waals surface area contributed by atoms with E-state index in [9.17, 15) is 4.79 Å². The van der Waals surface area contributed by atoms with Gasteiger partial charge in [0.2, 0.25) is 0 Å². The van der Waals surface area contributed by atoms with Gasteiger partial charge in [-0.05, 0) is 37.8 Å². The molecule has 1 aromatic carbocycles. The Morgan fingerprint density at radius 2 is 2.00 bits per heavy atom. The first-order valence-electron chi connectivity index (χ1n) is 10.2. The summed E-state index contributed by atoms with van der Waals surface area (Å²) in [6.45, 7) is 8.19. The van der Waals surface area contributed by atoms with Crippen LogP contribution in [0.4, 0.5) is 10.5 Å². The van der Waals surface area contributed by atoms with Gasteiger partial charge in [-0.25, -0.2) is 4.79 Å². The molecule has 3 aliphatic rings. The molecule has 0 saturated carbocycles. The summed E-state index contributed by atoms with van der Waals surface area (Å²) in [6.07, 6.45) is 3.03. The van der Waals surface area contributed by atoms with Crippen LogP contribution in [0.25, 0.3) is 0 Å². The number of carbonyl (C=O) groups excluding carboxylic acids is 1. The molecule has 0 bridgehead atoms. The largest absolute Gasteiger partial charge is 0.381 e. The van der Waals surface area contributed by atoms with Crippen LogP contribution in [0.3, 0.4) is 0 Å². The van der Waals surface area contributed by atoms with E-state index < -0.39 is 0 Å². The first-order valence-corrected chi connectivity index (χ1v) is 10.2. The van der Waals surface area contributed by atoms with Crippen molar-refractivity contribution in [2.75, 3.05) is 57.5 Å². The summed E-state index contributed by atoms with van der Waals surface area (Å²) < 4.78 is 11.3. The van der Waals surface area contributed by atoms with Crippen molar-refractivity contribution in [2.24, 2.45) is 5.41 Å². The molecule has 1 N–H and O–H groups in total. The quantitative estimate of drug-likeness (QED) is 0.883. The molecule has 6 heteroatoms. The van der Waals surface area contributed by atoms with Gasteiger partial charge in [-0.3, -0.25) is 0 Å². The molecule has 0 radical (unpaired) electrons. The fraction of sp³-hybridized carbons (Fsp3) is 0.667. The number of benzene rings is 1. The van der Waals surface area contributed by atoms with E-state index in [2.05, 4.69) is 41.4 Å². The maximum atomic E-state index is 12.9. The molecule has 1 atom stereocenters. The van der Waals surface area contributed by atoms with Gasteiger partial charge in [0.15, 0.2) is 0 Å². The molecule has 1 aromatic rings. The molecular formula is C21H31N3O3. The van der Waals surface area contributed by atoms with E-state index >= 15 is 0 Å². The van der Waals surface area contributed by atoms with E-state index in [0.717, 1.165) is 52.2 Å². The standard InChI is InChI=1S/C21H31N3O3/c1-17(24-9-6-18-4-2-3-5-19(18)24)14-22-20(25)23-10-13-27-16-21(15-23)7-11-26-12-8-21/h2-5,17H,6-16H2,1H3,(H,22,25). The third-order valence-electron chi connectivity index (χ3n) is 6.28. The Bertz CT molecular complexity index is 660. The van der Waals surface area contributed by atoms with Crippen molar-refractivity contribution < 1.29 is 14.3 Å². The maximum Gasteiger partial charge on any atom is 0.317 e. The SMILES string of the molecule is CC(CNC(=O)N1CCOCC2(CCOCC2)C1)N1CCc2ccccc21. The Balaban J connectivity index is 1.33. The number of urea groups is 1. The average molecular weight is 373 g/mol. The fourth-order valence-corrected chi connectivity index (χ4v) is 4.55. The first-order chi connectivity index (χ1) is 13.2. The van der Waals surface area contributed by atoms with Gasteiger partial charge in [0.25, 0.3) is 0 Å². The van der Waals surface area contributed by atoms with Crippen LogP contribution >= 0.6 is 0 Å². The molecule has 27 heavy (non-hydrogen) atoms. The van der Waals surface area contributed by atoms with Crippen molar-refractivity contribution in [1.29, 1.82) is 0 Å². The molecule has 4 rings (SSSR count). The minimum absolute atomic E-state index is 0.0331. The van der Waals surface area contributed by atoms with Crippen molar-refractivity contribution in [3.05, 3.63) is 29.8 Å². The smallest absolute Gasteiger partial charge is 0.317 e. The van der Waals surface area contributed by atoms with Gasteiger partial charge in [-0.2, -0.15) is 0 Å². The van der Waals surface area contributed by atoms with Gasteiger partial charge in [0, 0.05) is 56.5 Å². The van der Waals surface area contributed by atoms with E-state index in [0.29, 0.717) is 19.7 Å². The molecule has 6 nitrogen and oxygen atoms in total. The van der Waals surface area contributed by atoms with Crippen molar-refractivity contribution in [2.45, 2.75) is 32.2 Å². The number of anilines is 1. The Hall–Kier alpha value is -1.79. The zero-order valence-electron chi connectivity index (χ0n) is 16.3. The molecule has 3 heterocycles. The number of ether oxygens (including phenoxy) is 2. The highest BCUT2D eigenvalue weighted by atomic mass is 16.5. The Kier molecular flexibility index (Phi) is 5.55. The van der Waals surface area contributed by atoms with Gasteiger partial charge in [-0.1, -0.05) is 18.2 Å². The number of nitrogens with one attached hydrogen (secondary N) is 1. The van der Waals surface area contributed by atoms with E-state index in [-0.39, 0.29) is 17.5 Å². The third kappa shape index (κ3) is 4.06. The second-order valence-electron chi connectivity index (χ2n) is 8.19.